The maximum absolute atomic E-state index is 12.5. The molecule has 1 amide bonds. The van der Waals surface area contributed by atoms with Gasteiger partial charge in [-0.3, -0.25) is 9.59 Å². The second kappa shape index (κ2) is 56.4. The molecule has 0 heterocycles. The third-order valence-electron chi connectivity index (χ3n) is 14.4. The van der Waals surface area contributed by atoms with Crippen LogP contribution in [0.25, 0.3) is 0 Å². The van der Waals surface area contributed by atoms with Gasteiger partial charge < -0.3 is 20.3 Å². The van der Waals surface area contributed by atoms with Crippen molar-refractivity contribution in [2.24, 2.45) is 0 Å². The van der Waals surface area contributed by atoms with Crippen LogP contribution < -0.4 is 5.32 Å². The molecule has 66 heavy (non-hydrogen) atoms. The van der Waals surface area contributed by atoms with Crippen molar-refractivity contribution in [3.63, 3.8) is 0 Å². The Balaban J connectivity index is 3.38. The minimum atomic E-state index is -0.667. The van der Waals surface area contributed by atoms with Crippen LogP contribution in [0.1, 0.15) is 348 Å². The van der Waals surface area contributed by atoms with Crippen LogP contribution in [-0.4, -0.2) is 47.4 Å². The van der Waals surface area contributed by atoms with Crippen LogP contribution >= 0.6 is 0 Å². The van der Waals surface area contributed by atoms with Gasteiger partial charge in [0.2, 0.25) is 5.91 Å². The van der Waals surface area contributed by atoms with Crippen LogP contribution in [0.2, 0.25) is 0 Å². The molecule has 0 saturated heterocycles. The molecule has 394 valence electrons. The summed E-state index contributed by atoms with van der Waals surface area (Å²) in [6.07, 6.45) is 65.3. The summed E-state index contributed by atoms with van der Waals surface area (Å²) in [5.74, 6) is -0.0299. The minimum absolute atomic E-state index is 0.00868. The highest BCUT2D eigenvalue weighted by Crippen LogP contribution is 2.18. The van der Waals surface area contributed by atoms with Crippen molar-refractivity contribution >= 4 is 11.9 Å². The van der Waals surface area contributed by atoms with Crippen LogP contribution in [0.3, 0.4) is 0 Å². The Morgan fingerprint density at radius 1 is 0.364 bits per heavy atom. The first kappa shape index (κ1) is 64.9. The van der Waals surface area contributed by atoms with Gasteiger partial charge >= 0.3 is 5.97 Å². The molecule has 3 N–H and O–H groups in total. The number of aliphatic hydroxyl groups is 2. The Morgan fingerprint density at radius 3 is 0.924 bits per heavy atom. The maximum atomic E-state index is 12.5. The van der Waals surface area contributed by atoms with Gasteiger partial charge in [-0.2, -0.15) is 0 Å². The molecule has 0 spiro atoms. The number of carbonyl (C=O) groups excluding carboxylic acids is 2. The van der Waals surface area contributed by atoms with Gasteiger partial charge in [-0.15, -0.1) is 0 Å². The number of unbranched alkanes of at least 4 members (excludes halogenated alkanes) is 46. The molecule has 0 aromatic rings. The van der Waals surface area contributed by atoms with Gasteiger partial charge in [0.05, 0.1) is 25.4 Å². The summed E-state index contributed by atoms with van der Waals surface area (Å²) >= 11 is 0. The molecule has 0 bridgehead atoms. The second-order valence-corrected chi connectivity index (χ2v) is 21.1. The topological polar surface area (TPSA) is 95.9 Å². The lowest BCUT2D eigenvalue weighted by molar-refractivity contribution is -0.143. The Kier molecular flexibility index (Phi) is 55.5. The molecular weight excluding hydrogens is 815 g/mol. The van der Waals surface area contributed by atoms with Crippen molar-refractivity contribution in [3.8, 4) is 0 Å². The van der Waals surface area contributed by atoms with Gasteiger partial charge in [0.25, 0.3) is 0 Å². The lowest BCUT2D eigenvalue weighted by Crippen LogP contribution is -2.45. The zero-order valence-corrected chi connectivity index (χ0v) is 45.0. The first-order chi connectivity index (χ1) is 32.5. The van der Waals surface area contributed by atoms with Crippen molar-refractivity contribution in [1.82, 2.24) is 5.32 Å². The van der Waals surface area contributed by atoms with Crippen LogP contribution in [-0.2, 0) is 14.3 Å². The van der Waals surface area contributed by atoms with E-state index in [1.807, 2.05) is 0 Å². The number of aliphatic hydroxyl groups excluding tert-OH is 2. The van der Waals surface area contributed by atoms with Crippen molar-refractivity contribution in [3.05, 3.63) is 0 Å². The number of hydrogen-bond acceptors (Lipinski definition) is 5. The van der Waals surface area contributed by atoms with E-state index in [9.17, 15) is 19.8 Å². The standard InChI is InChI=1S/C60H119NO5/c1-3-5-7-9-11-13-15-17-19-20-21-26-30-34-38-42-46-50-54-60(65)66-55-51-47-43-39-35-31-27-23-22-25-29-33-37-41-45-49-53-59(64)61-57(56-62)58(63)52-48-44-40-36-32-28-24-18-16-14-12-10-8-6-4-2/h57-58,62-63H,3-56H2,1-2H3,(H,61,64). The molecule has 6 heteroatoms. The highest BCUT2D eigenvalue weighted by atomic mass is 16.5. The lowest BCUT2D eigenvalue weighted by Gasteiger charge is -2.22. The summed E-state index contributed by atoms with van der Waals surface area (Å²) in [6.45, 7) is 4.97. The first-order valence-corrected chi connectivity index (χ1v) is 30.3. The number of amides is 1. The van der Waals surface area contributed by atoms with Crippen molar-refractivity contribution < 1.29 is 24.5 Å². The molecule has 0 aliphatic rings. The summed E-state index contributed by atoms with van der Waals surface area (Å²) in [6, 6.07) is -0.545. The van der Waals surface area contributed by atoms with Gasteiger partial charge in [-0.1, -0.05) is 309 Å². The maximum Gasteiger partial charge on any atom is 0.305 e. The van der Waals surface area contributed by atoms with E-state index in [2.05, 4.69) is 19.2 Å². The molecule has 0 saturated carbocycles. The van der Waals surface area contributed by atoms with Crippen molar-refractivity contribution in [2.75, 3.05) is 13.2 Å². The monoisotopic (exact) mass is 934 g/mol. The van der Waals surface area contributed by atoms with Gasteiger partial charge in [-0.25, -0.2) is 0 Å². The highest BCUT2D eigenvalue weighted by molar-refractivity contribution is 5.76. The lowest BCUT2D eigenvalue weighted by atomic mass is 10.0. The molecule has 0 aliphatic carbocycles. The predicted molar refractivity (Wildman–Crippen MR) is 287 cm³/mol. The van der Waals surface area contributed by atoms with Gasteiger partial charge in [0, 0.05) is 12.8 Å². The van der Waals surface area contributed by atoms with Crippen molar-refractivity contribution in [2.45, 2.75) is 360 Å². The molecule has 0 aromatic carbocycles. The normalized spacial score (nSPS) is 12.5. The summed E-state index contributed by atoms with van der Waals surface area (Å²) < 4.78 is 5.49. The van der Waals surface area contributed by atoms with E-state index in [0.29, 0.717) is 25.9 Å². The average molecular weight is 935 g/mol. The summed E-state index contributed by atoms with van der Waals surface area (Å²) in [4.78, 5) is 24.6. The molecule has 0 aliphatic heterocycles. The Morgan fingerprint density at radius 2 is 0.621 bits per heavy atom. The van der Waals surface area contributed by atoms with E-state index in [1.165, 1.54) is 276 Å². The Hall–Kier alpha value is -1.14. The zero-order valence-electron chi connectivity index (χ0n) is 45.0. The molecule has 0 rings (SSSR count). The third-order valence-corrected chi connectivity index (χ3v) is 14.4. The van der Waals surface area contributed by atoms with Gasteiger partial charge in [0.15, 0.2) is 0 Å². The third kappa shape index (κ3) is 52.2. The minimum Gasteiger partial charge on any atom is -0.466 e. The quantitative estimate of drug-likeness (QED) is 0.0417. The first-order valence-electron chi connectivity index (χ1n) is 30.3. The zero-order chi connectivity index (χ0) is 47.9. The van der Waals surface area contributed by atoms with E-state index in [-0.39, 0.29) is 18.5 Å². The van der Waals surface area contributed by atoms with E-state index in [4.69, 9.17) is 4.74 Å². The Labute approximate surface area is 413 Å². The summed E-state index contributed by atoms with van der Waals surface area (Å²) in [7, 11) is 0. The van der Waals surface area contributed by atoms with E-state index in [1.54, 1.807) is 0 Å². The van der Waals surface area contributed by atoms with Crippen LogP contribution in [0.5, 0.6) is 0 Å². The van der Waals surface area contributed by atoms with E-state index < -0.39 is 12.1 Å². The summed E-state index contributed by atoms with van der Waals surface area (Å²) in [5.41, 5.74) is 0. The predicted octanol–water partition coefficient (Wildman–Crippen LogP) is 18.7. The van der Waals surface area contributed by atoms with Gasteiger partial charge in [0.1, 0.15) is 0 Å². The molecule has 6 nitrogen and oxygen atoms in total. The fraction of sp³-hybridized carbons (Fsp3) is 0.967. The van der Waals surface area contributed by atoms with Gasteiger partial charge in [-0.05, 0) is 25.7 Å². The number of nitrogens with one attached hydrogen (secondary N) is 1. The highest BCUT2D eigenvalue weighted by Gasteiger charge is 2.20. The van der Waals surface area contributed by atoms with Crippen LogP contribution in [0.15, 0.2) is 0 Å². The number of esters is 1. The molecule has 2 atom stereocenters. The average Bonchev–Trinajstić information content (AvgIpc) is 3.32. The fourth-order valence-electron chi connectivity index (χ4n) is 9.76. The van der Waals surface area contributed by atoms with Crippen LogP contribution in [0.4, 0.5) is 0 Å². The van der Waals surface area contributed by atoms with E-state index >= 15 is 0 Å². The van der Waals surface area contributed by atoms with E-state index in [0.717, 1.165) is 38.5 Å². The van der Waals surface area contributed by atoms with Crippen LogP contribution in [0, 0.1) is 0 Å². The Bertz CT molecular complexity index is 944. The number of ether oxygens (including phenoxy) is 1. The summed E-state index contributed by atoms with van der Waals surface area (Å²) in [5, 5.41) is 23.3. The molecule has 0 fully saturated rings. The smallest absolute Gasteiger partial charge is 0.305 e. The second-order valence-electron chi connectivity index (χ2n) is 21.1. The SMILES string of the molecule is CCCCCCCCCCCCCCCCCCCCC(=O)OCCCCCCCCCCCCCCCCCCC(=O)NC(CO)C(O)CCCCCCCCCCCCCCCCC. The fourth-order valence-corrected chi connectivity index (χ4v) is 9.76. The number of carbonyl (C=O) groups is 2. The molecule has 0 aromatic heterocycles. The van der Waals surface area contributed by atoms with Crippen molar-refractivity contribution in [1.29, 1.82) is 0 Å². The largest absolute Gasteiger partial charge is 0.466 e. The number of hydrogen-bond donors (Lipinski definition) is 3. The molecule has 2 unspecified atom stereocenters. The molecular formula is C60H119NO5. The molecule has 0 radical (unpaired) electrons. The number of rotatable bonds is 57.